The fourth-order valence-corrected chi connectivity index (χ4v) is 5.32. The Morgan fingerprint density at radius 2 is 1.75 bits per heavy atom. The lowest BCUT2D eigenvalue weighted by Crippen LogP contribution is -2.50. The third kappa shape index (κ3) is 5.02. The summed E-state index contributed by atoms with van der Waals surface area (Å²) in [7, 11) is 6.36. The highest BCUT2D eigenvalue weighted by Crippen LogP contribution is 2.29. The van der Waals surface area contributed by atoms with Gasteiger partial charge in [-0.2, -0.15) is 4.98 Å². The van der Waals surface area contributed by atoms with Crippen LogP contribution in [0.25, 0.3) is 11.2 Å². The average molecular weight is 564 g/mol. The fraction of sp³-hybridized carbons (Fsp3) is 0.357. The summed E-state index contributed by atoms with van der Waals surface area (Å²) in [4.78, 5) is 35.1. The van der Waals surface area contributed by atoms with Gasteiger partial charge in [0.05, 0.1) is 26.5 Å². The number of rotatable bonds is 6. The Labute approximate surface area is 237 Å². The van der Waals surface area contributed by atoms with Crippen LogP contribution in [-0.2, 0) is 20.6 Å². The highest BCUT2D eigenvalue weighted by atomic mass is 32.1. The van der Waals surface area contributed by atoms with Crippen molar-refractivity contribution in [2.24, 2.45) is 14.1 Å². The summed E-state index contributed by atoms with van der Waals surface area (Å²) in [6, 6.07) is 13.7. The van der Waals surface area contributed by atoms with E-state index in [1.165, 1.54) is 11.6 Å². The van der Waals surface area contributed by atoms with Gasteiger partial charge in [-0.15, -0.1) is 0 Å². The number of fused-ring (bicyclic) bond motifs is 1. The van der Waals surface area contributed by atoms with Crippen LogP contribution in [0.1, 0.15) is 11.1 Å². The summed E-state index contributed by atoms with van der Waals surface area (Å²) < 4.78 is 15.3. The highest BCUT2D eigenvalue weighted by molar-refractivity contribution is 7.80. The Morgan fingerprint density at radius 1 is 1.00 bits per heavy atom. The van der Waals surface area contributed by atoms with Gasteiger partial charge in [-0.25, -0.2) is 4.79 Å². The molecule has 40 heavy (non-hydrogen) atoms. The van der Waals surface area contributed by atoms with E-state index in [-0.39, 0.29) is 5.56 Å². The van der Waals surface area contributed by atoms with Gasteiger partial charge in [0.2, 0.25) is 5.95 Å². The Morgan fingerprint density at radius 3 is 2.42 bits per heavy atom. The Bertz CT molecular complexity index is 1700. The van der Waals surface area contributed by atoms with Crippen molar-refractivity contribution < 1.29 is 9.47 Å². The van der Waals surface area contributed by atoms with Crippen LogP contribution in [0.3, 0.4) is 0 Å². The second kappa shape index (κ2) is 11.0. The van der Waals surface area contributed by atoms with Gasteiger partial charge in [-0.05, 0) is 36.8 Å². The smallest absolute Gasteiger partial charge is 0.332 e. The number of aromatic nitrogens is 4. The zero-order chi connectivity index (χ0) is 28.6. The van der Waals surface area contributed by atoms with Crippen molar-refractivity contribution in [1.82, 2.24) is 23.6 Å². The van der Waals surface area contributed by atoms with Gasteiger partial charge < -0.3 is 24.6 Å². The van der Waals surface area contributed by atoms with Gasteiger partial charge in [-0.3, -0.25) is 18.5 Å². The van der Waals surface area contributed by atoms with Crippen LogP contribution in [0.5, 0.6) is 11.5 Å². The van der Waals surface area contributed by atoms with E-state index in [1.54, 1.807) is 27.3 Å². The molecule has 210 valence electrons. The van der Waals surface area contributed by atoms with Gasteiger partial charge >= 0.3 is 5.69 Å². The van der Waals surface area contributed by atoms with Crippen LogP contribution in [0.15, 0.2) is 52.1 Å². The second-order valence-electron chi connectivity index (χ2n) is 9.84. The lowest BCUT2D eigenvalue weighted by Gasteiger charge is -2.37. The van der Waals surface area contributed by atoms with E-state index in [4.69, 9.17) is 26.7 Å². The van der Waals surface area contributed by atoms with Crippen molar-refractivity contribution in [1.29, 1.82) is 0 Å². The molecule has 1 N–H and O–H groups in total. The molecule has 0 saturated carbocycles. The van der Waals surface area contributed by atoms with Crippen LogP contribution in [0.4, 0.5) is 11.6 Å². The Balaban J connectivity index is 1.42. The van der Waals surface area contributed by atoms with E-state index in [0.29, 0.717) is 66.4 Å². The molecule has 0 aliphatic carbocycles. The zero-order valence-corrected chi connectivity index (χ0v) is 24.1. The lowest BCUT2D eigenvalue weighted by molar-refractivity contribution is 0.385. The van der Waals surface area contributed by atoms with Gasteiger partial charge in [0.15, 0.2) is 16.3 Å². The van der Waals surface area contributed by atoms with Crippen molar-refractivity contribution in [2.45, 2.75) is 13.5 Å². The molecule has 2 aromatic heterocycles. The van der Waals surface area contributed by atoms with E-state index in [9.17, 15) is 9.59 Å². The first-order valence-corrected chi connectivity index (χ1v) is 13.4. The molecule has 4 aromatic rings. The number of thiocarbonyl (C=S) groups is 1. The molecule has 0 radical (unpaired) electrons. The summed E-state index contributed by atoms with van der Waals surface area (Å²) in [5, 5.41) is 3.88. The van der Waals surface area contributed by atoms with Crippen LogP contribution in [0.2, 0.25) is 0 Å². The molecule has 12 heteroatoms. The minimum Gasteiger partial charge on any atom is -0.497 e. The summed E-state index contributed by atoms with van der Waals surface area (Å²) in [5.74, 6) is 1.99. The molecule has 0 bridgehead atoms. The van der Waals surface area contributed by atoms with E-state index < -0.39 is 5.69 Å². The van der Waals surface area contributed by atoms with E-state index in [1.807, 2.05) is 41.8 Å². The van der Waals surface area contributed by atoms with Crippen molar-refractivity contribution in [3.05, 3.63) is 74.4 Å². The van der Waals surface area contributed by atoms with Gasteiger partial charge in [-0.1, -0.05) is 29.8 Å². The molecule has 1 saturated heterocycles. The van der Waals surface area contributed by atoms with Crippen LogP contribution >= 0.6 is 12.2 Å². The predicted molar refractivity (Wildman–Crippen MR) is 160 cm³/mol. The number of nitrogens with one attached hydrogen (secondary N) is 1. The first-order chi connectivity index (χ1) is 19.2. The van der Waals surface area contributed by atoms with Gasteiger partial charge in [0.1, 0.15) is 11.5 Å². The quantitative estimate of drug-likeness (QED) is 0.355. The second-order valence-corrected chi connectivity index (χ2v) is 10.2. The monoisotopic (exact) mass is 563 g/mol. The minimum absolute atomic E-state index is 0.359. The molecule has 1 aliphatic rings. The Hall–Kier alpha value is -4.32. The van der Waals surface area contributed by atoms with Crippen LogP contribution < -0.4 is 30.9 Å². The van der Waals surface area contributed by atoms with E-state index >= 15 is 0 Å². The number of piperazine rings is 1. The largest absolute Gasteiger partial charge is 0.497 e. The molecule has 5 rings (SSSR count). The van der Waals surface area contributed by atoms with Crippen LogP contribution in [0, 0.1) is 6.92 Å². The molecule has 0 amide bonds. The molecule has 1 aliphatic heterocycles. The number of ether oxygens (including phenoxy) is 2. The normalized spacial score (nSPS) is 13.5. The van der Waals surface area contributed by atoms with Gasteiger partial charge in [0, 0.05) is 46.3 Å². The maximum atomic E-state index is 13.3. The number of methoxy groups -OCH3 is 2. The SMILES string of the molecule is COc1ccc(NC(=S)N2CCN(c3nc4c(c(=O)n(C)c(=O)n4C)n3Cc3cccc(C)c3)CC2)c(OC)c1. The maximum absolute atomic E-state index is 13.3. The summed E-state index contributed by atoms with van der Waals surface area (Å²) in [5.41, 5.74) is 2.96. The van der Waals surface area contributed by atoms with Crippen molar-refractivity contribution >= 4 is 40.1 Å². The topological polar surface area (TPSA) is 98.8 Å². The molecular formula is C28H33N7O4S. The third-order valence-corrected chi connectivity index (χ3v) is 7.61. The molecule has 0 atom stereocenters. The maximum Gasteiger partial charge on any atom is 0.332 e. The molecular weight excluding hydrogens is 530 g/mol. The van der Waals surface area contributed by atoms with E-state index in [2.05, 4.69) is 21.2 Å². The minimum atomic E-state index is -0.403. The fourth-order valence-electron chi connectivity index (χ4n) is 5.02. The molecule has 0 unspecified atom stereocenters. The first-order valence-electron chi connectivity index (χ1n) is 13.0. The molecule has 3 heterocycles. The van der Waals surface area contributed by atoms with Crippen molar-refractivity contribution in [3.63, 3.8) is 0 Å². The standard InChI is InChI=1S/C28H33N7O4S/c1-18-7-6-8-19(15-18)17-35-23-24(31(2)28(37)32(3)25(23)36)30-26(35)33-11-13-34(14-12-33)27(40)29-21-10-9-20(38-4)16-22(21)39-5/h6-10,15-16H,11-14,17H2,1-5H3,(H,29,40). The average Bonchev–Trinajstić information content (AvgIpc) is 3.34. The van der Waals surface area contributed by atoms with Gasteiger partial charge in [0.25, 0.3) is 5.56 Å². The number of benzene rings is 2. The number of hydrogen-bond acceptors (Lipinski definition) is 7. The summed E-state index contributed by atoms with van der Waals surface area (Å²) in [6.07, 6.45) is 0. The number of anilines is 2. The number of aryl methyl sites for hydroxylation is 2. The third-order valence-electron chi connectivity index (χ3n) is 7.25. The van der Waals surface area contributed by atoms with Crippen molar-refractivity contribution in [2.75, 3.05) is 50.6 Å². The molecule has 0 spiro atoms. The highest BCUT2D eigenvalue weighted by Gasteiger charge is 2.27. The number of imidazole rings is 1. The number of nitrogens with zero attached hydrogens (tertiary/aromatic N) is 6. The lowest BCUT2D eigenvalue weighted by atomic mass is 10.1. The van der Waals surface area contributed by atoms with E-state index in [0.717, 1.165) is 21.4 Å². The molecule has 11 nitrogen and oxygen atoms in total. The van der Waals surface area contributed by atoms with Crippen molar-refractivity contribution in [3.8, 4) is 11.5 Å². The summed E-state index contributed by atoms with van der Waals surface area (Å²) in [6.45, 7) is 5.05. The number of hydrogen-bond donors (Lipinski definition) is 1. The van der Waals surface area contributed by atoms with Crippen LogP contribution in [-0.4, -0.2) is 69.1 Å². The first kappa shape index (κ1) is 27.3. The zero-order valence-electron chi connectivity index (χ0n) is 23.3. The molecule has 2 aromatic carbocycles. The Kier molecular flexibility index (Phi) is 7.53. The predicted octanol–water partition coefficient (Wildman–Crippen LogP) is 2.33. The summed E-state index contributed by atoms with van der Waals surface area (Å²) >= 11 is 5.73. The molecule has 1 fully saturated rings.